The highest BCUT2D eigenvalue weighted by Crippen LogP contribution is 2.24. The number of phenolic OH excluding ortho intramolecular Hbond substituents is 1. The molecule has 1 aromatic heterocycles. The van der Waals surface area contributed by atoms with Crippen LogP contribution in [0.5, 0.6) is 5.75 Å². The van der Waals surface area contributed by atoms with Crippen LogP contribution in [0.3, 0.4) is 0 Å². The standard InChI is InChI=1S/C12H13ClN2O/c1-3-11-8(2)14-15(12(11)13)9-4-6-10(16)7-5-9/h4-7,16H,3H2,1-2H3. The predicted octanol–water partition coefficient (Wildman–Crippen LogP) is 3.10. The maximum Gasteiger partial charge on any atom is 0.136 e. The van der Waals surface area contributed by atoms with Gasteiger partial charge in [0.25, 0.3) is 0 Å². The second kappa shape index (κ2) is 4.18. The SMILES string of the molecule is CCc1c(C)nn(-c2ccc(O)cc2)c1Cl. The molecular weight excluding hydrogens is 224 g/mol. The molecule has 0 bridgehead atoms. The molecule has 0 amide bonds. The van der Waals surface area contributed by atoms with Gasteiger partial charge in [0, 0.05) is 5.56 Å². The van der Waals surface area contributed by atoms with Crippen LogP contribution in [-0.4, -0.2) is 14.9 Å². The molecule has 0 aliphatic heterocycles. The molecular formula is C12H13ClN2O. The zero-order valence-corrected chi connectivity index (χ0v) is 9.99. The Kier molecular flexibility index (Phi) is 2.88. The van der Waals surface area contributed by atoms with Crippen molar-refractivity contribution in [2.45, 2.75) is 20.3 Å². The first-order valence-electron chi connectivity index (χ1n) is 5.17. The summed E-state index contributed by atoms with van der Waals surface area (Å²) in [5.41, 5.74) is 2.86. The molecule has 0 saturated carbocycles. The van der Waals surface area contributed by atoms with Crippen LogP contribution in [-0.2, 0) is 6.42 Å². The fourth-order valence-electron chi connectivity index (χ4n) is 1.70. The number of hydrogen-bond acceptors (Lipinski definition) is 2. The smallest absolute Gasteiger partial charge is 0.136 e. The Balaban J connectivity index is 2.52. The van der Waals surface area contributed by atoms with Crippen molar-refractivity contribution in [3.8, 4) is 11.4 Å². The summed E-state index contributed by atoms with van der Waals surface area (Å²) in [6.45, 7) is 4.00. The van der Waals surface area contributed by atoms with Crippen LogP contribution in [0.4, 0.5) is 0 Å². The van der Waals surface area contributed by atoms with E-state index in [1.54, 1.807) is 28.9 Å². The molecule has 0 aliphatic rings. The van der Waals surface area contributed by atoms with E-state index >= 15 is 0 Å². The van der Waals surface area contributed by atoms with Gasteiger partial charge >= 0.3 is 0 Å². The molecule has 1 aromatic carbocycles. The average Bonchev–Trinajstić information content (AvgIpc) is 2.55. The lowest BCUT2D eigenvalue weighted by atomic mass is 10.2. The van der Waals surface area contributed by atoms with Crippen LogP contribution in [0.25, 0.3) is 5.69 Å². The van der Waals surface area contributed by atoms with Gasteiger partial charge in [-0.3, -0.25) is 0 Å². The summed E-state index contributed by atoms with van der Waals surface area (Å²) in [4.78, 5) is 0. The molecule has 84 valence electrons. The number of hydrogen-bond donors (Lipinski definition) is 1. The summed E-state index contributed by atoms with van der Waals surface area (Å²) in [6, 6.07) is 6.81. The molecule has 0 saturated heterocycles. The zero-order chi connectivity index (χ0) is 11.7. The Bertz CT molecular complexity index is 502. The van der Waals surface area contributed by atoms with Crippen LogP contribution in [0, 0.1) is 6.92 Å². The molecule has 0 aliphatic carbocycles. The van der Waals surface area contributed by atoms with Crippen LogP contribution in [0.2, 0.25) is 5.15 Å². The van der Waals surface area contributed by atoms with Crippen LogP contribution >= 0.6 is 11.6 Å². The van der Waals surface area contributed by atoms with Crippen molar-refractivity contribution in [3.63, 3.8) is 0 Å². The molecule has 16 heavy (non-hydrogen) atoms. The first-order chi connectivity index (χ1) is 7.63. The molecule has 0 atom stereocenters. The lowest BCUT2D eigenvalue weighted by molar-refractivity contribution is 0.475. The third-order valence-corrected chi connectivity index (χ3v) is 2.96. The number of aryl methyl sites for hydroxylation is 1. The Morgan fingerprint density at radius 1 is 1.31 bits per heavy atom. The number of halogens is 1. The molecule has 4 heteroatoms. The van der Waals surface area contributed by atoms with Crippen molar-refractivity contribution in [3.05, 3.63) is 40.7 Å². The van der Waals surface area contributed by atoms with Gasteiger partial charge in [-0.15, -0.1) is 0 Å². The van der Waals surface area contributed by atoms with E-state index in [-0.39, 0.29) is 5.75 Å². The van der Waals surface area contributed by atoms with Gasteiger partial charge in [-0.05, 0) is 37.6 Å². The van der Waals surface area contributed by atoms with E-state index in [1.807, 2.05) is 6.92 Å². The fraction of sp³-hybridized carbons (Fsp3) is 0.250. The monoisotopic (exact) mass is 236 g/mol. The van der Waals surface area contributed by atoms with Crippen LogP contribution in [0.1, 0.15) is 18.2 Å². The highest BCUT2D eigenvalue weighted by molar-refractivity contribution is 6.30. The van der Waals surface area contributed by atoms with E-state index in [2.05, 4.69) is 12.0 Å². The van der Waals surface area contributed by atoms with Gasteiger partial charge < -0.3 is 5.11 Å². The van der Waals surface area contributed by atoms with Crippen molar-refractivity contribution in [2.75, 3.05) is 0 Å². The summed E-state index contributed by atoms with van der Waals surface area (Å²) >= 11 is 6.24. The van der Waals surface area contributed by atoms with Crippen molar-refractivity contribution < 1.29 is 5.11 Å². The minimum atomic E-state index is 0.236. The van der Waals surface area contributed by atoms with Gasteiger partial charge in [0.1, 0.15) is 10.9 Å². The molecule has 2 rings (SSSR count). The Morgan fingerprint density at radius 2 is 1.94 bits per heavy atom. The fourth-order valence-corrected chi connectivity index (χ4v) is 2.10. The highest BCUT2D eigenvalue weighted by Gasteiger charge is 2.12. The predicted molar refractivity (Wildman–Crippen MR) is 64.4 cm³/mol. The van der Waals surface area contributed by atoms with Gasteiger partial charge in [0.2, 0.25) is 0 Å². The average molecular weight is 237 g/mol. The third-order valence-electron chi connectivity index (χ3n) is 2.57. The minimum Gasteiger partial charge on any atom is -0.508 e. The van der Waals surface area contributed by atoms with Gasteiger partial charge in [0.05, 0.1) is 11.4 Å². The topological polar surface area (TPSA) is 38.0 Å². The quantitative estimate of drug-likeness (QED) is 0.870. The normalized spacial score (nSPS) is 10.7. The maximum absolute atomic E-state index is 9.22. The first-order valence-corrected chi connectivity index (χ1v) is 5.54. The summed E-state index contributed by atoms with van der Waals surface area (Å²) in [6.07, 6.45) is 0.864. The second-order valence-corrected chi connectivity index (χ2v) is 3.99. The molecule has 3 nitrogen and oxygen atoms in total. The van der Waals surface area contributed by atoms with Gasteiger partial charge in [-0.1, -0.05) is 18.5 Å². The summed E-state index contributed by atoms with van der Waals surface area (Å²) < 4.78 is 1.69. The highest BCUT2D eigenvalue weighted by atomic mass is 35.5. The molecule has 1 N–H and O–H groups in total. The number of rotatable bonds is 2. The molecule has 0 fully saturated rings. The van der Waals surface area contributed by atoms with Crippen molar-refractivity contribution in [2.24, 2.45) is 0 Å². The Labute approximate surface area is 99.3 Å². The number of nitrogens with zero attached hydrogens (tertiary/aromatic N) is 2. The summed E-state index contributed by atoms with van der Waals surface area (Å²) in [5, 5.41) is 14.2. The van der Waals surface area contributed by atoms with Crippen molar-refractivity contribution in [1.29, 1.82) is 0 Å². The molecule has 2 aromatic rings. The van der Waals surface area contributed by atoms with E-state index in [4.69, 9.17) is 11.6 Å². The van der Waals surface area contributed by atoms with Gasteiger partial charge in [-0.25, -0.2) is 4.68 Å². The molecule has 1 heterocycles. The van der Waals surface area contributed by atoms with E-state index < -0.39 is 0 Å². The van der Waals surface area contributed by atoms with Crippen molar-refractivity contribution in [1.82, 2.24) is 9.78 Å². The summed E-state index contributed by atoms with van der Waals surface area (Å²) in [5.74, 6) is 0.236. The van der Waals surface area contributed by atoms with E-state index in [1.165, 1.54) is 0 Å². The molecule has 0 radical (unpaired) electrons. The van der Waals surface area contributed by atoms with E-state index in [9.17, 15) is 5.11 Å². The number of phenols is 1. The van der Waals surface area contributed by atoms with E-state index in [0.717, 1.165) is 23.4 Å². The number of aromatic nitrogens is 2. The lowest BCUT2D eigenvalue weighted by Crippen LogP contribution is -1.96. The number of aromatic hydroxyl groups is 1. The van der Waals surface area contributed by atoms with Gasteiger partial charge in [0.15, 0.2) is 0 Å². The largest absolute Gasteiger partial charge is 0.508 e. The second-order valence-electron chi connectivity index (χ2n) is 3.64. The Hall–Kier alpha value is -1.48. The first kappa shape index (κ1) is 11.0. The minimum absolute atomic E-state index is 0.236. The third kappa shape index (κ3) is 1.78. The van der Waals surface area contributed by atoms with Crippen LogP contribution in [0.15, 0.2) is 24.3 Å². The lowest BCUT2D eigenvalue weighted by Gasteiger charge is -2.03. The Morgan fingerprint density at radius 3 is 2.44 bits per heavy atom. The molecule has 0 unspecified atom stereocenters. The zero-order valence-electron chi connectivity index (χ0n) is 9.24. The maximum atomic E-state index is 9.22. The van der Waals surface area contributed by atoms with Crippen molar-refractivity contribution >= 4 is 11.6 Å². The number of benzene rings is 1. The van der Waals surface area contributed by atoms with E-state index in [0.29, 0.717) is 5.15 Å². The van der Waals surface area contributed by atoms with Crippen LogP contribution < -0.4 is 0 Å². The molecule has 0 spiro atoms. The summed E-state index contributed by atoms with van der Waals surface area (Å²) in [7, 11) is 0. The van der Waals surface area contributed by atoms with Gasteiger partial charge in [-0.2, -0.15) is 5.10 Å².